The lowest BCUT2D eigenvalue weighted by Gasteiger charge is -2.31. The zero-order valence-electron chi connectivity index (χ0n) is 14.2. The van der Waals surface area contributed by atoms with Crippen molar-refractivity contribution in [1.82, 2.24) is 10.2 Å². The first-order valence-electron chi connectivity index (χ1n) is 8.98. The van der Waals surface area contributed by atoms with Gasteiger partial charge in [-0.2, -0.15) is 0 Å². The molecule has 128 valence electrons. The molecule has 2 rings (SSSR count). The molecule has 0 saturated heterocycles. The number of urea groups is 1. The van der Waals surface area contributed by atoms with Crippen LogP contribution in [0.15, 0.2) is 30.3 Å². The Morgan fingerprint density at radius 2 is 1.96 bits per heavy atom. The molecule has 0 heterocycles. The minimum absolute atomic E-state index is 0.0455. The highest BCUT2D eigenvalue weighted by Crippen LogP contribution is 2.19. The molecule has 1 aromatic rings. The molecule has 1 fully saturated rings. The maximum atomic E-state index is 12.7. The molecule has 1 aliphatic rings. The van der Waals surface area contributed by atoms with Crippen LogP contribution in [0.1, 0.15) is 57.4 Å². The van der Waals surface area contributed by atoms with Gasteiger partial charge in [0.25, 0.3) is 0 Å². The Labute approximate surface area is 139 Å². The highest BCUT2D eigenvalue weighted by atomic mass is 16.3. The molecule has 4 nitrogen and oxygen atoms in total. The highest BCUT2D eigenvalue weighted by molar-refractivity contribution is 5.74. The van der Waals surface area contributed by atoms with Gasteiger partial charge < -0.3 is 15.3 Å². The Balaban J connectivity index is 1.95. The van der Waals surface area contributed by atoms with E-state index in [0.29, 0.717) is 6.54 Å². The average molecular weight is 318 g/mol. The van der Waals surface area contributed by atoms with Crippen molar-refractivity contribution < 1.29 is 9.90 Å². The third-order valence-electron chi connectivity index (χ3n) is 4.57. The summed E-state index contributed by atoms with van der Waals surface area (Å²) >= 11 is 0. The van der Waals surface area contributed by atoms with Crippen molar-refractivity contribution in [2.75, 3.05) is 6.54 Å². The van der Waals surface area contributed by atoms with Crippen LogP contribution < -0.4 is 5.32 Å². The molecule has 4 heteroatoms. The molecule has 0 spiro atoms. The lowest BCUT2D eigenvalue weighted by atomic mass is 9.93. The summed E-state index contributed by atoms with van der Waals surface area (Å²) in [5, 5.41) is 13.1. The quantitative estimate of drug-likeness (QED) is 0.753. The van der Waals surface area contributed by atoms with Gasteiger partial charge in [0.1, 0.15) is 0 Å². The van der Waals surface area contributed by atoms with Crippen molar-refractivity contribution in [3.63, 3.8) is 0 Å². The number of carbonyl (C=O) groups is 1. The third kappa shape index (κ3) is 5.87. The number of unbranched alkanes of at least 4 members (excludes halogenated alkanes) is 2. The number of hydrogen-bond acceptors (Lipinski definition) is 2. The Kier molecular flexibility index (Phi) is 7.40. The van der Waals surface area contributed by atoms with E-state index in [4.69, 9.17) is 0 Å². The minimum Gasteiger partial charge on any atom is -0.391 e. The molecular weight excluding hydrogens is 288 g/mol. The summed E-state index contributed by atoms with van der Waals surface area (Å²) in [6, 6.07) is 9.95. The van der Waals surface area contributed by atoms with Crippen LogP contribution in [0, 0.1) is 0 Å². The van der Waals surface area contributed by atoms with E-state index in [2.05, 4.69) is 24.4 Å². The van der Waals surface area contributed by atoms with Gasteiger partial charge in [-0.25, -0.2) is 4.79 Å². The van der Waals surface area contributed by atoms with Gasteiger partial charge in [-0.15, -0.1) is 0 Å². The van der Waals surface area contributed by atoms with Crippen molar-refractivity contribution in [2.24, 2.45) is 0 Å². The molecule has 0 unspecified atom stereocenters. The zero-order chi connectivity index (χ0) is 16.5. The highest BCUT2D eigenvalue weighted by Gasteiger charge is 2.26. The van der Waals surface area contributed by atoms with E-state index in [1.807, 2.05) is 23.1 Å². The number of hydrogen-bond donors (Lipinski definition) is 2. The summed E-state index contributed by atoms with van der Waals surface area (Å²) < 4.78 is 0. The first kappa shape index (κ1) is 17.8. The molecule has 0 aromatic heterocycles. The maximum absolute atomic E-state index is 12.7. The fraction of sp³-hybridized carbons (Fsp3) is 0.632. The van der Waals surface area contributed by atoms with E-state index in [9.17, 15) is 9.90 Å². The third-order valence-corrected chi connectivity index (χ3v) is 4.57. The maximum Gasteiger partial charge on any atom is 0.318 e. The van der Waals surface area contributed by atoms with E-state index in [1.165, 1.54) is 0 Å². The van der Waals surface area contributed by atoms with Crippen LogP contribution >= 0.6 is 0 Å². The van der Waals surface area contributed by atoms with E-state index in [0.717, 1.165) is 57.1 Å². The molecule has 0 aliphatic heterocycles. The van der Waals surface area contributed by atoms with Crippen molar-refractivity contribution in [1.29, 1.82) is 0 Å². The van der Waals surface area contributed by atoms with E-state index in [1.54, 1.807) is 0 Å². The van der Waals surface area contributed by atoms with Crippen molar-refractivity contribution in [3.8, 4) is 0 Å². The topological polar surface area (TPSA) is 52.6 Å². The van der Waals surface area contributed by atoms with Crippen LogP contribution in [-0.4, -0.2) is 34.7 Å². The number of rotatable bonds is 7. The lowest BCUT2D eigenvalue weighted by Crippen LogP contribution is -2.50. The van der Waals surface area contributed by atoms with Gasteiger partial charge in [0, 0.05) is 13.1 Å². The summed E-state index contributed by atoms with van der Waals surface area (Å²) in [7, 11) is 0. The normalized spacial score (nSPS) is 21.0. The number of nitrogens with zero attached hydrogens (tertiary/aromatic N) is 1. The zero-order valence-corrected chi connectivity index (χ0v) is 14.2. The summed E-state index contributed by atoms with van der Waals surface area (Å²) in [6.07, 6.45) is 6.69. The van der Waals surface area contributed by atoms with Crippen molar-refractivity contribution in [3.05, 3.63) is 35.9 Å². The van der Waals surface area contributed by atoms with Gasteiger partial charge in [0.05, 0.1) is 12.1 Å². The van der Waals surface area contributed by atoms with Gasteiger partial charge in [-0.1, -0.05) is 62.9 Å². The number of aliphatic hydroxyl groups excluding tert-OH is 1. The monoisotopic (exact) mass is 318 g/mol. The number of aliphatic hydroxyl groups is 1. The van der Waals surface area contributed by atoms with Crippen LogP contribution in [0.5, 0.6) is 0 Å². The molecule has 1 saturated carbocycles. The van der Waals surface area contributed by atoms with Gasteiger partial charge in [-0.3, -0.25) is 0 Å². The fourth-order valence-electron chi connectivity index (χ4n) is 3.14. The Morgan fingerprint density at radius 3 is 2.65 bits per heavy atom. The predicted octanol–water partition coefficient (Wildman–Crippen LogP) is 3.69. The Hall–Kier alpha value is -1.55. The van der Waals surface area contributed by atoms with Crippen LogP contribution in [0.3, 0.4) is 0 Å². The Bertz CT molecular complexity index is 464. The first-order chi connectivity index (χ1) is 11.2. The summed E-state index contributed by atoms with van der Waals surface area (Å²) in [4.78, 5) is 14.5. The largest absolute Gasteiger partial charge is 0.391 e. The van der Waals surface area contributed by atoms with Crippen molar-refractivity contribution >= 4 is 6.03 Å². The van der Waals surface area contributed by atoms with E-state index in [-0.39, 0.29) is 12.1 Å². The Morgan fingerprint density at radius 1 is 1.22 bits per heavy atom. The van der Waals surface area contributed by atoms with Gasteiger partial charge in [0.15, 0.2) is 0 Å². The van der Waals surface area contributed by atoms with E-state index >= 15 is 0 Å². The lowest BCUT2D eigenvalue weighted by molar-refractivity contribution is 0.0893. The van der Waals surface area contributed by atoms with Gasteiger partial charge in [-0.05, 0) is 24.8 Å². The second kappa shape index (κ2) is 9.56. The molecule has 2 amide bonds. The second-order valence-corrected chi connectivity index (χ2v) is 6.52. The molecule has 1 aromatic carbocycles. The van der Waals surface area contributed by atoms with Gasteiger partial charge in [0.2, 0.25) is 0 Å². The molecular formula is C19H30N2O2. The van der Waals surface area contributed by atoms with Crippen molar-refractivity contribution in [2.45, 2.75) is 70.6 Å². The molecule has 1 aliphatic carbocycles. The summed E-state index contributed by atoms with van der Waals surface area (Å²) in [5.41, 5.74) is 1.14. The fourth-order valence-corrected chi connectivity index (χ4v) is 3.14. The summed E-state index contributed by atoms with van der Waals surface area (Å²) in [5.74, 6) is 0. The molecule has 2 N–H and O–H groups in total. The molecule has 0 radical (unpaired) electrons. The van der Waals surface area contributed by atoms with Crippen LogP contribution in [0.2, 0.25) is 0 Å². The molecule has 2 atom stereocenters. The standard InChI is InChI=1S/C19H30N2O2/c1-2-3-9-14-21(15-16-10-5-4-6-11-16)19(23)20-17-12-7-8-13-18(17)22/h4-6,10-11,17-18,22H,2-3,7-9,12-15H2,1H3,(H,20,23)/t17-,18-/m0/s1. The van der Waals surface area contributed by atoms with Crippen LogP contribution in [-0.2, 0) is 6.54 Å². The first-order valence-corrected chi connectivity index (χ1v) is 8.98. The van der Waals surface area contributed by atoms with Gasteiger partial charge >= 0.3 is 6.03 Å². The average Bonchev–Trinajstić information content (AvgIpc) is 2.57. The van der Waals surface area contributed by atoms with E-state index < -0.39 is 6.10 Å². The SMILES string of the molecule is CCCCCN(Cc1ccccc1)C(=O)N[C@H]1CCCC[C@@H]1O. The summed E-state index contributed by atoms with van der Waals surface area (Å²) in [6.45, 7) is 3.55. The van der Waals surface area contributed by atoms with Crippen LogP contribution in [0.4, 0.5) is 4.79 Å². The number of benzene rings is 1. The molecule has 23 heavy (non-hydrogen) atoms. The predicted molar refractivity (Wildman–Crippen MR) is 93.2 cm³/mol. The number of amides is 2. The molecule has 0 bridgehead atoms. The minimum atomic E-state index is -0.401. The van der Waals surface area contributed by atoms with Crippen LogP contribution in [0.25, 0.3) is 0 Å². The second-order valence-electron chi connectivity index (χ2n) is 6.52. The number of carbonyl (C=O) groups excluding carboxylic acids is 1. The smallest absolute Gasteiger partial charge is 0.318 e. The number of nitrogens with one attached hydrogen (secondary N) is 1.